The van der Waals surface area contributed by atoms with Crippen LogP contribution in [0.1, 0.15) is 6.42 Å². The quantitative estimate of drug-likeness (QED) is 0.912. The maximum absolute atomic E-state index is 12.1. The first-order chi connectivity index (χ1) is 10.2. The number of rotatable bonds is 3. The van der Waals surface area contributed by atoms with Crippen molar-refractivity contribution in [3.63, 3.8) is 0 Å². The van der Waals surface area contributed by atoms with Crippen LogP contribution >= 0.6 is 11.6 Å². The average molecular weight is 306 g/mol. The number of ether oxygens (including phenoxy) is 1. The Bertz CT molecular complexity index is 656. The van der Waals surface area contributed by atoms with Crippen LogP contribution < -0.4 is 10.6 Å². The predicted octanol–water partition coefficient (Wildman–Crippen LogP) is 2.21. The summed E-state index contributed by atoms with van der Waals surface area (Å²) in [5.74, 6) is -0.0627. The third kappa shape index (κ3) is 3.32. The zero-order valence-corrected chi connectivity index (χ0v) is 12.2. The summed E-state index contributed by atoms with van der Waals surface area (Å²) in [5.41, 5.74) is 1.38. The van der Waals surface area contributed by atoms with Gasteiger partial charge in [-0.3, -0.25) is 9.78 Å². The summed E-state index contributed by atoms with van der Waals surface area (Å²) in [4.78, 5) is 16.4. The van der Waals surface area contributed by atoms with Crippen molar-refractivity contribution in [2.75, 3.05) is 25.1 Å². The number of morpholine rings is 1. The van der Waals surface area contributed by atoms with Crippen molar-refractivity contribution < 1.29 is 9.53 Å². The molecule has 2 heterocycles. The van der Waals surface area contributed by atoms with Gasteiger partial charge in [0.25, 0.3) is 0 Å². The second-order valence-electron chi connectivity index (χ2n) is 4.97. The monoisotopic (exact) mass is 305 g/mol. The van der Waals surface area contributed by atoms with Crippen molar-refractivity contribution in [1.29, 1.82) is 0 Å². The number of amides is 1. The summed E-state index contributed by atoms with van der Waals surface area (Å²) in [6, 6.07) is 7.31. The number of hydrogen-bond donors (Lipinski definition) is 2. The molecule has 1 amide bonds. The number of anilines is 1. The Hall–Kier alpha value is -1.69. The van der Waals surface area contributed by atoms with Crippen LogP contribution in [0.2, 0.25) is 5.02 Å². The van der Waals surface area contributed by atoms with Gasteiger partial charge in [0.05, 0.1) is 29.4 Å². The van der Waals surface area contributed by atoms with Crippen molar-refractivity contribution in [2.24, 2.45) is 0 Å². The Balaban J connectivity index is 1.75. The van der Waals surface area contributed by atoms with Crippen LogP contribution in [0, 0.1) is 0 Å². The number of nitrogens with zero attached hydrogens (tertiary/aromatic N) is 1. The fourth-order valence-electron chi connectivity index (χ4n) is 2.41. The van der Waals surface area contributed by atoms with Crippen LogP contribution in [0.25, 0.3) is 10.9 Å². The van der Waals surface area contributed by atoms with Gasteiger partial charge in [0.2, 0.25) is 5.91 Å². The maximum atomic E-state index is 12.1. The lowest BCUT2D eigenvalue weighted by Gasteiger charge is -2.23. The van der Waals surface area contributed by atoms with Crippen molar-refractivity contribution in [3.8, 4) is 0 Å². The Kier molecular flexibility index (Phi) is 4.34. The number of carbonyl (C=O) groups excluding carboxylic acids is 1. The molecule has 2 aromatic rings. The van der Waals surface area contributed by atoms with Gasteiger partial charge in [-0.25, -0.2) is 0 Å². The molecular weight excluding hydrogens is 290 g/mol. The Labute approximate surface area is 127 Å². The minimum Gasteiger partial charge on any atom is -0.378 e. The van der Waals surface area contributed by atoms with Crippen molar-refractivity contribution in [1.82, 2.24) is 10.3 Å². The molecule has 0 radical (unpaired) electrons. The van der Waals surface area contributed by atoms with Gasteiger partial charge in [-0.2, -0.15) is 0 Å². The molecule has 1 saturated heterocycles. The van der Waals surface area contributed by atoms with Crippen molar-refractivity contribution in [3.05, 3.63) is 35.5 Å². The first-order valence-electron chi connectivity index (χ1n) is 6.88. The number of nitrogens with one attached hydrogen (secondary N) is 2. The second kappa shape index (κ2) is 6.39. The summed E-state index contributed by atoms with van der Waals surface area (Å²) in [7, 11) is 0. The lowest BCUT2D eigenvalue weighted by atomic mass is 10.1. The molecule has 1 aromatic heterocycles. The minimum absolute atomic E-state index is 0.0604. The van der Waals surface area contributed by atoms with E-state index < -0.39 is 0 Å². The van der Waals surface area contributed by atoms with E-state index in [1.54, 1.807) is 18.3 Å². The second-order valence-corrected chi connectivity index (χ2v) is 5.38. The van der Waals surface area contributed by atoms with E-state index in [1.807, 2.05) is 12.1 Å². The lowest BCUT2D eigenvalue weighted by Crippen LogP contribution is -2.43. The third-order valence-electron chi connectivity index (χ3n) is 3.42. The van der Waals surface area contributed by atoms with Gasteiger partial charge in [0.1, 0.15) is 0 Å². The highest BCUT2D eigenvalue weighted by molar-refractivity contribution is 6.35. The van der Waals surface area contributed by atoms with E-state index >= 15 is 0 Å². The van der Waals surface area contributed by atoms with Crippen molar-refractivity contribution in [2.45, 2.75) is 12.5 Å². The molecule has 0 bridgehead atoms. The summed E-state index contributed by atoms with van der Waals surface area (Å²) < 4.78 is 5.35. The van der Waals surface area contributed by atoms with Gasteiger partial charge in [0.15, 0.2) is 0 Å². The number of pyridine rings is 1. The number of aromatic nitrogens is 1. The van der Waals surface area contributed by atoms with Gasteiger partial charge in [-0.15, -0.1) is 0 Å². The summed E-state index contributed by atoms with van der Waals surface area (Å²) in [5, 5.41) is 7.62. The average Bonchev–Trinajstić information content (AvgIpc) is 2.51. The van der Waals surface area contributed by atoms with Gasteiger partial charge in [-0.1, -0.05) is 11.6 Å². The zero-order valence-electron chi connectivity index (χ0n) is 11.4. The molecule has 21 heavy (non-hydrogen) atoms. The minimum atomic E-state index is -0.0627. The summed E-state index contributed by atoms with van der Waals surface area (Å²) >= 11 is 6.14. The van der Waals surface area contributed by atoms with Gasteiger partial charge in [-0.05, 0) is 24.3 Å². The Morgan fingerprint density at radius 1 is 1.48 bits per heavy atom. The zero-order chi connectivity index (χ0) is 14.7. The van der Waals surface area contributed by atoms with Crippen LogP contribution in [-0.4, -0.2) is 36.7 Å². The van der Waals surface area contributed by atoms with Crippen LogP contribution in [0.15, 0.2) is 30.5 Å². The highest BCUT2D eigenvalue weighted by Gasteiger charge is 2.17. The molecule has 6 heteroatoms. The number of halogens is 1. The van der Waals surface area contributed by atoms with Crippen LogP contribution in [0.3, 0.4) is 0 Å². The topological polar surface area (TPSA) is 63.2 Å². The van der Waals surface area contributed by atoms with Crippen LogP contribution in [0.5, 0.6) is 0 Å². The molecule has 1 aromatic carbocycles. The fraction of sp³-hybridized carbons (Fsp3) is 0.333. The van der Waals surface area contributed by atoms with E-state index in [9.17, 15) is 4.79 Å². The van der Waals surface area contributed by atoms with E-state index in [4.69, 9.17) is 16.3 Å². The largest absolute Gasteiger partial charge is 0.378 e. The van der Waals surface area contributed by atoms with Crippen LogP contribution in [0.4, 0.5) is 5.69 Å². The normalized spacial score (nSPS) is 18.6. The smallest absolute Gasteiger partial charge is 0.226 e. The number of carbonyl (C=O) groups is 1. The third-order valence-corrected chi connectivity index (χ3v) is 3.75. The van der Waals surface area contributed by atoms with Gasteiger partial charge < -0.3 is 15.4 Å². The number of fused-ring (bicyclic) bond motifs is 1. The molecule has 0 saturated carbocycles. The molecule has 3 rings (SSSR count). The molecular formula is C15H16ClN3O2. The number of benzene rings is 1. The first kappa shape index (κ1) is 14.3. The Morgan fingerprint density at radius 2 is 2.38 bits per heavy atom. The molecule has 0 aliphatic carbocycles. The van der Waals surface area contributed by atoms with Crippen LogP contribution in [-0.2, 0) is 9.53 Å². The van der Waals surface area contributed by atoms with E-state index in [0.717, 1.165) is 11.9 Å². The van der Waals surface area contributed by atoms with E-state index in [0.29, 0.717) is 35.9 Å². The Morgan fingerprint density at radius 3 is 3.19 bits per heavy atom. The summed E-state index contributed by atoms with van der Waals surface area (Å²) in [6.45, 7) is 2.04. The number of hydrogen-bond acceptors (Lipinski definition) is 4. The molecule has 0 spiro atoms. The van der Waals surface area contributed by atoms with Crippen molar-refractivity contribution >= 4 is 34.1 Å². The lowest BCUT2D eigenvalue weighted by molar-refractivity contribution is -0.117. The van der Waals surface area contributed by atoms with E-state index in [1.165, 1.54) is 0 Å². The first-order valence-corrected chi connectivity index (χ1v) is 7.26. The molecule has 5 nitrogen and oxygen atoms in total. The molecule has 1 fully saturated rings. The summed E-state index contributed by atoms with van der Waals surface area (Å²) in [6.07, 6.45) is 2.06. The molecule has 110 valence electrons. The SMILES string of the molecule is O=C(CC1COCCN1)Nc1ccc(Cl)c2cccnc12. The highest BCUT2D eigenvalue weighted by atomic mass is 35.5. The van der Waals surface area contributed by atoms with Gasteiger partial charge in [0, 0.05) is 30.6 Å². The molecule has 1 unspecified atom stereocenters. The molecule has 2 N–H and O–H groups in total. The van der Waals surface area contributed by atoms with E-state index in [-0.39, 0.29) is 11.9 Å². The van der Waals surface area contributed by atoms with Gasteiger partial charge >= 0.3 is 0 Å². The standard InChI is InChI=1S/C15H16ClN3O2/c16-12-3-4-13(15-11(12)2-1-5-18-15)19-14(20)8-10-9-21-7-6-17-10/h1-5,10,17H,6-9H2,(H,19,20). The molecule has 1 aliphatic rings. The fourth-order valence-corrected chi connectivity index (χ4v) is 2.63. The highest BCUT2D eigenvalue weighted by Crippen LogP contribution is 2.28. The molecule has 1 aliphatic heterocycles. The molecule has 1 atom stereocenters. The maximum Gasteiger partial charge on any atom is 0.226 e. The van der Waals surface area contributed by atoms with E-state index in [2.05, 4.69) is 15.6 Å². The predicted molar refractivity (Wildman–Crippen MR) is 82.6 cm³/mol.